The Morgan fingerprint density at radius 3 is 1.26 bits per heavy atom. The van der Waals surface area contributed by atoms with Crippen LogP contribution in [0, 0.1) is 0 Å². The van der Waals surface area contributed by atoms with Crippen LogP contribution in [0.15, 0.2) is 267 Å². The molecule has 6 heteroatoms. The molecular weight excluding hydrogens is 925 g/mol. The highest BCUT2D eigenvalue weighted by molar-refractivity contribution is 6.14. The Balaban J connectivity index is 0.000000789. The molecule has 0 aliphatic carbocycles. The average Bonchev–Trinajstić information content (AvgIpc) is 4.20. The summed E-state index contributed by atoms with van der Waals surface area (Å²) in [6, 6.07) is 86.4. The van der Waals surface area contributed by atoms with Gasteiger partial charge in [-0.05, 0) is 98.6 Å². The Morgan fingerprint density at radius 1 is 0.316 bits per heavy atom. The van der Waals surface area contributed by atoms with Gasteiger partial charge in [-0.3, -0.25) is 0 Å². The van der Waals surface area contributed by atoms with E-state index in [-0.39, 0.29) is 0 Å². The molecule has 14 rings (SSSR count). The highest BCUT2D eigenvalue weighted by Gasteiger charge is 2.25. The van der Waals surface area contributed by atoms with E-state index in [1.165, 1.54) is 43.4 Å². The molecule has 0 unspecified atom stereocenters. The Labute approximate surface area is 442 Å². The maximum Gasteiger partial charge on any atom is 0.166 e. The molecule has 4 aromatic heterocycles. The molecular formula is C70H54N6. The van der Waals surface area contributed by atoms with E-state index in [4.69, 9.17) is 15.0 Å². The normalized spacial score (nSPS) is 11.4. The van der Waals surface area contributed by atoms with Crippen molar-refractivity contribution in [2.45, 2.75) is 20.8 Å². The lowest BCUT2D eigenvalue weighted by atomic mass is 10.0. The molecule has 0 saturated heterocycles. The second-order valence-corrected chi connectivity index (χ2v) is 18.7. The quantitative estimate of drug-likeness (QED) is 0.150. The number of allylic oxidation sites excluding steroid dienone is 3. The number of hydrogen-bond donors (Lipinski definition) is 0. The van der Waals surface area contributed by atoms with Gasteiger partial charge >= 0.3 is 0 Å². The van der Waals surface area contributed by atoms with Crippen LogP contribution < -0.4 is 0 Å². The Hall–Kier alpha value is -9.91. The zero-order valence-electron chi connectivity index (χ0n) is 42.7. The van der Waals surface area contributed by atoms with Crippen molar-refractivity contribution in [3.8, 4) is 62.4 Å². The molecule has 0 atom stereocenters. The van der Waals surface area contributed by atoms with Gasteiger partial charge < -0.3 is 13.7 Å². The minimum Gasteiger partial charge on any atom is -0.309 e. The predicted molar refractivity (Wildman–Crippen MR) is 321 cm³/mol. The van der Waals surface area contributed by atoms with Gasteiger partial charge in [-0.25, -0.2) is 15.0 Å². The SMILES string of the molecule is C/C=C\C.C=CC.c1ccc(-c2nc(-c3ccccc3)nc(-c3cccc(-n4c5ccccc5c5cc(-c6ccc7c8ccccc8n(-c8ccccc8)c7c6)ccc54)c3-n3c4ccccc4c4ccccc43)n2)cc1. The lowest BCUT2D eigenvalue weighted by Crippen LogP contribution is -2.08. The Bertz CT molecular complexity index is 4330. The van der Waals surface area contributed by atoms with Crippen LogP contribution in [0.5, 0.6) is 0 Å². The molecule has 4 heterocycles. The molecule has 0 saturated carbocycles. The first-order valence-corrected chi connectivity index (χ1v) is 25.8. The number of para-hydroxylation sites is 6. The number of nitrogens with zero attached hydrogens (tertiary/aromatic N) is 6. The largest absolute Gasteiger partial charge is 0.309 e. The fraction of sp³-hybridized carbons (Fsp3) is 0.0429. The van der Waals surface area contributed by atoms with Gasteiger partial charge in [-0.1, -0.05) is 194 Å². The van der Waals surface area contributed by atoms with Crippen LogP contribution in [-0.4, -0.2) is 28.7 Å². The smallest absolute Gasteiger partial charge is 0.166 e. The van der Waals surface area contributed by atoms with Crippen molar-refractivity contribution in [1.29, 1.82) is 0 Å². The van der Waals surface area contributed by atoms with Crippen LogP contribution >= 0.6 is 0 Å². The van der Waals surface area contributed by atoms with E-state index < -0.39 is 0 Å². The number of rotatable bonds is 7. The second-order valence-electron chi connectivity index (χ2n) is 18.7. The van der Waals surface area contributed by atoms with Crippen LogP contribution in [0.4, 0.5) is 0 Å². The van der Waals surface area contributed by atoms with Gasteiger partial charge in [0.25, 0.3) is 0 Å². The minimum atomic E-state index is 0.591. The van der Waals surface area contributed by atoms with Gasteiger partial charge in [0, 0.05) is 54.7 Å². The Kier molecular flexibility index (Phi) is 12.7. The van der Waals surface area contributed by atoms with Gasteiger partial charge in [-0.15, -0.1) is 6.58 Å². The molecule has 0 spiro atoms. The van der Waals surface area contributed by atoms with Crippen LogP contribution in [0.3, 0.4) is 0 Å². The first-order valence-electron chi connectivity index (χ1n) is 25.8. The van der Waals surface area contributed by atoms with E-state index in [0.29, 0.717) is 17.5 Å². The zero-order chi connectivity index (χ0) is 51.5. The second kappa shape index (κ2) is 20.5. The standard InChI is InChI=1S/C63H40N6.C4H8.C3H6/c1-4-19-41(20-5-1)61-64-62(42-21-6-2-7-22-42)66-63(65-61)51-29-18-34-58(60(51)69-55-32-16-11-25-46(55)47-26-12-17-33-56(47)69)68-54-31-15-13-28-49(54)52-39-43(36-38-57(52)68)44-35-37-50-48-27-10-14-30-53(48)67(59(50)40-44)45-23-8-3-9-24-45;1-3-4-2;1-3-2/h1-40H;3-4H,1-2H3;3H,1H2,2H3/b;4-3-;. The number of aromatic nitrogens is 6. The topological polar surface area (TPSA) is 53.5 Å². The molecule has 0 aliphatic rings. The highest BCUT2D eigenvalue weighted by atomic mass is 15.1. The summed E-state index contributed by atoms with van der Waals surface area (Å²) in [6.07, 6.45) is 5.75. The summed E-state index contributed by atoms with van der Waals surface area (Å²) in [7, 11) is 0. The van der Waals surface area contributed by atoms with Crippen LogP contribution in [-0.2, 0) is 0 Å². The van der Waals surface area contributed by atoms with E-state index in [1.807, 2.05) is 69.3 Å². The molecule has 364 valence electrons. The van der Waals surface area contributed by atoms with Crippen molar-refractivity contribution in [3.05, 3.63) is 267 Å². The molecule has 0 bridgehead atoms. The summed E-state index contributed by atoms with van der Waals surface area (Å²) in [5.41, 5.74) is 15.0. The van der Waals surface area contributed by atoms with Gasteiger partial charge in [0.15, 0.2) is 17.5 Å². The summed E-state index contributed by atoms with van der Waals surface area (Å²) in [4.78, 5) is 15.8. The molecule has 0 amide bonds. The van der Waals surface area contributed by atoms with Gasteiger partial charge in [0.1, 0.15) is 0 Å². The van der Waals surface area contributed by atoms with E-state index >= 15 is 0 Å². The van der Waals surface area contributed by atoms with E-state index in [0.717, 1.165) is 66.9 Å². The van der Waals surface area contributed by atoms with E-state index in [2.05, 4.69) is 227 Å². The van der Waals surface area contributed by atoms with Gasteiger partial charge in [0.2, 0.25) is 0 Å². The number of benzene rings is 10. The first-order chi connectivity index (χ1) is 37.6. The first kappa shape index (κ1) is 47.1. The molecule has 0 fully saturated rings. The van der Waals surface area contributed by atoms with Crippen molar-refractivity contribution in [3.63, 3.8) is 0 Å². The van der Waals surface area contributed by atoms with Crippen molar-refractivity contribution in [2.24, 2.45) is 0 Å². The monoisotopic (exact) mass is 978 g/mol. The minimum absolute atomic E-state index is 0.591. The fourth-order valence-electron chi connectivity index (χ4n) is 10.6. The molecule has 0 radical (unpaired) electrons. The van der Waals surface area contributed by atoms with Crippen molar-refractivity contribution in [1.82, 2.24) is 28.7 Å². The van der Waals surface area contributed by atoms with Crippen LogP contribution in [0.2, 0.25) is 0 Å². The van der Waals surface area contributed by atoms with E-state index in [9.17, 15) is 0 Å². The lowest BCUT2D eigenvalue weighted by molar-refractivity contribution is 1.05. The molecule has 14 aromatic rings. The van der Waals surface area contributed by atoms with Crippen LogP contribution in [0.1, 0.15) is 20.8 Å². The maximum atomic E-state index is 5.34. The highest BCUT2D eigenvalue weighted by Crippen LogP contribution is 2.43. The zero-order valence-corrected chi connectivity index (χ0v) is 42.7. The maximum absolute atomic E-state index is 5.34. The molecule has 0 N–H and O–H groups in total. The van der Waals surface area contributed by atoms with Crippen LogP contribution in [0.25, 0.3) is 128 Å². The summed E-state index contributed by atoms with van der Waals surface area (Å²) in [6.45, 7) is 9.25. The average molecular weight is 979 g/mol. The van der Waals surface area contributed by atoms with Gasteiger partial charge in [0.05, 0.1) is 44.5 Å². The van der Waals surface area contributed by atoms with Crippen molar-refractivity contribution < 1.29 is 0 Å². The third-order valence-corrected chi connectivity index (χ3v) is 14.0. The summed E-state index contributed by atoms with van der Waals surface area (Å²) < 4.78 is 7.24. The molecule has 6 nitrogen and oxygen atoms in total. The third-order valence-electron chi connectivity index (χ3n) is 14.0. The number of fused-ring (bicyclic) bond motifs is 9. The van der Waals surface area contributed by atoms with E-state index in [1.54, 1.807) is 6.08 Å². The summed E-state index contributed by atoms with van der Waals surface area (Å²) in [5.74, 6) is 1.82. The van der Waals surface area contributed by atoms with Gasteiger partial charge in [-0.2, -0.15) is 0 Å². The fourth-order valence-corrected chi connectivity index (χ4v) is 10.6. The molecule has 0 aliphatic heterocycles. The number of hydrogen-bond acceptors (Lipinski definition) is 3. The Morgan fingerprint density at radius 2 is 0.724 bits per heavy atom. The van der Waals surface area contributed by atoms with Crippen molar-refractivity contribution >= 4 is 65.4 Å². The predicted octanol–water partition coefficient (Wildman–Crippen LogP) is 18.6. The van der Waals surface area contributed by atoms with Crippen molar-refractivity contribution in [2.75, 3.05) is 0 Å². The third kappa shape index (κ3) is 8.32. The summed E-state index contributed by atoms with van der Waals surface area (Å²) >= 11 is 0. The molecule has 76 heavy (non-hydrogen) atoms. The molecule has 10 aromatic carbocycles. The lowest BCUT2D eigenvalue weighted by Gasteiger charge is -2.20. The summed E-state index contributed by atoms with van der Waals surface area (Å²) in [5, 5.41) is 7.17.